The molecule has 32 heavy (non-hydrogen) atoms. The second kappa shape index (κ2) is 10.7. The Morgan fingerprint density at radius 2 is 1.88 bits per heavy atom. The second-order valence-corrected chi connectivity index (χ2v) is 10.5. The van der Waals surface area contributed by atoms with Crippen molar-refractivity contribution in [3.05, 3.63) is 33.8 Å². The van der Waals surface area contributed by atoms with Gasteiger partial charge in [-0.3, -0.25) is 14.5 Å². The number of ketones is 1. The highest BCUT2D eigenvalue weighted by atomic mass is 35.5. The maximum Gasteiger partial charge on any atom is 0.226 e. The van der Waals surface area contributed by atoms with Crippen LogP contribution in [0.5, 0.6) is 0 Å². The number of amides is 1. The maximum absolute atomic E-state index is 12.9. The number of hydrogen-bond donors (Lipinski definition) is 0. The van der Waals surface area contributed by atoms with Crippen molar-refractivity contribution in [2.75, 3.05) is 32.8 Å². The first-order chi connectivity index (χ1) is 15.4. The number of ether oxygens (including phenoxy) is 1. The largest absolute Gasteiger partial charge is 0.381 e. The fraction of sp³-hybridized carbons (Fsp3) is 0.692. The summed E-state index contributed by atoms with van der Waals surface area (Å²) in [6, 6.07) is 4.21. The summed E-state index contributed by atoms with van der Waals surface area (Å²) in [6.07, 6.45) is 6.52. The summed E-state index contributed by atoms with van der Waals surface area (Å²) in [4.78, 5) is 30.1. The van der Waals surface area contributed by atoms with Gasteiger partial charge in [-0.05, 0) is 67.9 Å². The Bertz CT molecular complexity index is 831. The molecule has 0 radical (unpaired) electrons. The maximum atomic E-state index is 12.9. The monoisotopic (exact) mass is 460 g/mol. The van der Waals surface area contributed by atoms with Gasteiger partial charge in [-0.1, -0.05) is 24.4 Å². The molecule has 176 valence electrons. The number of hydrogen-bond acceptors (Lipinski definition) is 4. The Balaban J connectivity index is 1.36. The molecule has 0 N–H and O–H groups in total. The van der Waals surface area contributed by atoms with Gasteiger partial charge < -0.3 is 9.64 Å². The van der Waals surface area contributed by atoms with Crippen LogP contribution in [0, 0.1) is 18.8 Å². The quantitative estimate of drug-likeness (QED) is 0.604. The van der Waals surface area contributed by atoms with Crippen LogP contribution in [0.1, 0.15) is 62.1 Å². The van der Waals surface area contributed by atoms with Crippen LogP contribution in [0.4, 0.5) is 0 Å². The van der Waals surface area contributed by atoms with Crippen LogP contribution in [0.25, 0.3) is 0 Å². The van der Waals surface area contributed by atoms with E-state index in [9.17, 15) is 9.59 Å². The van der Waals surface area contributed by atoms with Gasteiger partial charge in [0.1, 0.15) is 5.78 Å². The summed E-state index contributed by atoms with van der Waals surface area (Å²) in [5.41, 5.74) is 3.40. The molecule has 1 amide bonds. The second-order valence-electron chi connectivity index (χ2n) is 10.1. The van der Waals surface area contributed by atoms with E-state index in [0.29, 0.717) is 36.3 Å². The first kappa shape index (κ1) is 23.7. The van der Waals surface area contributed by atoms with Crippen LogP contribution in [-0.4, -0.2) is 60.4 Å². The molecule has 1 aromatic carbocycles. The van der Waals surface area contributed by atoms with Crippen molar-refractivity contribution < 1.29 is 14.3 Å². The number of Topliss-reactive ketones (excluding diaryl/α,β-unsaturated/α-hetero) is 1. The highest BCUT2D eigenvalue weighted by molar-refractivity contribution is 6.30. The Morgan fingerprint density at radius 3 is 2.56 bits per heavy atom. The normalized spacial score (nSPS) is 24.9. The summed E-state index contributed by atoms with van der Waals surface area (Å²) in [6.45, 7) is 9.11. The highest BCUT2D eigenvalue weighted by Gasteiger charge is 2.33. The lowest BCUT2D eigenvalue weighted by Gasteiger charge is -2.41. The van der Waals surface area contributed by atoms with Gasteiger partial charge in [-0.25, -0.2) is 0 Å². The minimum absolute atomic E-state index is 0.228. The fourth-order valence-corrected chi connectivity index (χ4v) is 5.91. The van der Waals surface area contributed by atoms with Gasteiger partial charge in [0.2, 0.25) is 5.91 Å². The van der Waals surface area contributed by atoms with E-state index >= 15 is 0 Å². The van der Waals surface area contributed by atoms with Crippen molar-refractivity contribution in [3.63, 3.8) is 0 Å². The molecule has 4 rings (SSSR count). The van der Waals surface area contributed by atoms with Crippen LogP contribution >= 0.6 is 11.6 Å². The molecule has 0 spiro atoms. The molecule has 2 aliphatic heterocycles. The van der Waals surface area contributed by atoms with Crippen molar-refractivity contribution in [1.82, 2.24) is 9.80 Å². The highest BCUT2D eigenvalue weighted by Crippen LogP contribution is 2.29. The number of rotatable bonds is 7. The summed E-state index contributed by atoms with van der Waals surface area (Å²) in [5.74, 6) is 1.24. The average molecular weight is 461 g/mol. The summed E-state index contributed by atoms with van der Waals surface area (Å²) < 4.78 is 5.41. The zero-order chi connectivity index (χ0) is 22.7. The van der Waals surface area contributed by atoms with Crippen LogP contribution in [-0.2, 0) is 27.3 Å². The number of carbonyl (C=O) groups is 2. The van der Waals surface area contributed by atoms with E-state index < -0.39 is 0 Å². The van der Waals surface area contributed by atoms with Crippen LogP contribution in [0.15, 0.2) is 12.1 Å². The molecule has 0 aromatic heterocycles. The molecule has 3 fully saturated rings. The smallest absolute Gasteiger partial charge is 0.226 e. The van der Waals surface area contributed by atoms with E-state index in [4.69, 9.17) is 16.3 Å². The van der Waals surface area contributed by atoms with Crippen molar-refractivity contribution in [1.29, 1.82) is 0 Å². The molecule has 2 atom stereocenters. The lowest BCUT2D eigenvalue weighted by molar-refractivity contribution is -0.140. The van der Waals surface area contributed by atoms with E-state index in [1.165, 1.54) is 24.0 Å². The standard InChI is InChI=1S/C26H37ClN2O3/c1-18-15-28(8-9-29(18)26(31)21-5-3-4-6-21)16-23-13-24(27)12-22(19(23)2)14-25(30)11-20-7-10-32-17-20/h12-13,18,20-21H,3-11,14-17H2,1-2H3/t18-,20+/m0/s1. The Kier molecular flexibility index (Phi) is 7.91. The summed E-state index contributed by atoms with van der Waals surface area (Å²) in [5, 5.41) is 0.695. The number of nitrogens with zero attached hydrogens (tertiary/aromatic N) is 2. The van der Waals surface area contributed by atoms with E-state index in [1.807, 2.05) is 12.1 Å². The van der Waals surface area contributed by atoms with Crippen molar-refractivity contribution in [3.8, 4) is 0 Å². The molecule has 1 saturated carbocycles. The van der Waals surface area contributed by atoms with Gasteiger partial charge in [-0.15, -0.1) is 0 Å². The predicted octanol–water partition coefficient (Wildman–Crippen LogP) is 4.41. The van der Waals surface area contributed by atoms with Gasteiger partial charge in [0, 0.05) is 69.2 Å². The minimum Gasteiger partial charge on any atom is -0.381 e. The Hall–Kier alpha value is -1.43. The van der Waals surface area contributed by atoms with E-state index in [-0.39, 0.29) is 17.7 Å². The molecule has 1 aliphatic carbocycles. The summed E-state index contributed by atoms with van der Waals surface area (Å²) >= 11 is 6.46. The van der Waals surface area contributed by atoms with Crippen molar-refractivity contribution >= 4 is 23.3 Å². The third-order valence-electron chi connectivity index (χ3n) is 7.61. The molecule has 0 unspecified atom stereocenters. The fourth-order valence-electron chi connectivity index (χ4n) is 5.65. The van der Waals surface area contributed by atoms with Crippen molar-refractivity contribution in [2.24, 2.45) is 11.8 Å². The van der Waals surface area contributed by atoms with Gasteiger partial charge >= 0.3 is 0 Å². The molecule has 5 nitrogen and oxygen atoms in total. The number of benzene rings is 1. The molecular weight excluding hydrogens is 424 g/mol. The van der Waals surface area contributed by atoms with Crippen LogP contribution < -0.4 is 0 Å². The zero-order valence-electron chi connectivity index (χ0n) is 19.6. The molecule has 2 heterocycles. The third-order valence-corrected chi connectivity index (χ3v) is 7.83. The molecule has 2 saturated heterocycles. The van der Waals surface area contributed by atoms with E-state index in [2.05, 4.69) is 23.6 Å². The third kappa shape index (κ3) is 5.73. The van der Waals surface area contributed by atoms with Gasteiger partial charge in [0.05, 0.1) is 0 Å². The minimum atomic E-state index is 0.228. The molecular formula is C26H37ClN2O3. The molecule has 1 aromatic rings. The SMILES string of the molecule is Cc1c(CC(=O)C[C@H]2CCOC2)cc(Cl)cc1CN1CCN(C(=O)C2CCCC2)[C@@H](C)C1. The Morgan fingerprint density at radius 1 is 1.12 bits per heavy atom. The summed E-state index contributed by atoms with van der Waals surface area (Å²) in [7, 11) is 0. The zero-order valence-corrected chi connectivity index (χ0v) is 20.3. The first-order valence-corrected chi connectivity index (χ1v) is 12.7. The van der Waals surface area contributed by atoms with Crippen LogP contribution in [0.2, 0.25) is 5.02 Å². The molecule has 3 aliphatic rings. The lowest BCUT2D eigenvalue weighted by atomic mass is 9.93. The Labute approximate surface area is 197 Å². The topological polar surface area (TPSA) is 49.9 Å². The number of piperazine rings is 1. The van der Waals surface area contributed by atoms with Gasteiger partial charge in [-0.2, -0.15) is 0 Å². The van der Waals surface area contributed by atoms with Gasteiger partial charge in [0.15, 0.2) is 0 Å². The molecule has 0 bridgehead atoms. The van der Waals surface area contributed by atoms with E-state index in [1.54, 1.807) is 0 Å². The average Bonchev–Trinajstić information content (AvgIpc) is 3.45. The predicted molar refractivity (Wildman–Crippen MR) is 127 cm³/mol. The van der Waals surface area contributed by atoms with Crippen molar-refractivity contribution in [2.45, 2.75) is 71.4 Å². The van der Waals surface area contributed by atoms with Gasteiger partial charge in [0.25, 0.3) is 0 Å². The number of carbonyl (C=O) groups excluding carboxylic acids is 2. The first-order valence-electron chi connectivity index (χ1n) is 12.3. The van der Waals surface area contributed by atoms with E-state index in [0.717, 1.165) is 57.6 Å². The molecule has 6 heteroatoms. The number of halogens is 1. The lowest BCUT2D eigenvalue weighted by Crippen LogP contribution is -2.54. The van der Waals surface area contributed by atoms with Crippen LogP contribution in [0.3, 0.4) is 0 Å².